The summed E-state index contributed by atoms with van der Waals surface area (Å²) in [5, 5.41) is 10.4. The van der Waals surface area contributed by atoms with Gasteiger partial charge in [-0.25, -0.2) is 13.1 Å². The van der Waals surface area contributed by atoms with Crippen LogP contribution in [-0.2, 0) is 19.6 Å². The lowest BCUT2D eigenvalue weighted by molar-refractivity contribution is -0.118. The van der Waals surface area contributed by atoms with E-state index in [-0.39, 0.29) is 4.90 Å². The molecule has 0 atom stereocenters. The van der Waals surface area contributed by atoms with E-state index in [1.807, 2.05) is 10.0 Å². The average Bonchev–Trinajstić information content (AvgIpc) is 2.50. The number of hydrogen-bond acceptors (Lipinski definition) is 7. The zero-order chi connectivity index (χ0) is 16.8. The molecule has 0 aromatic heterocycles. The Hall–Kier alpha value is -2.49. The van der Waals surface area contributed by atoms with Crippen molar-refractivity contribution in [1.29, 1.82) is 0 Å². The van der Waals surface area contributed by atoms with Gasteiger partial charge < -0.3 is 21.3 Å². The maximum atomic E-state index is 12.4. The van der Waals surface area contributed by atoms with Gasteiger partial charge in [-0.3, -0.25) is 9.59 Å². The second-order valence-electron chi connectivity index (χ2n) is 4.13. The Bertz CT molecular complexity index is 634. The summed E-state index contributed by atoms with van der Waals surface area (Å²) in [6.45, 7) is -0.485. The predicted octanol–water partition coefficient (Wildman–Crippen LogP) is -0.727. The number of benzene rings is 1. The lowest BCUT2D eigenvalue weighted by Crippen LogP contribution is -2.37. The van der Waals surface area contributed by atoms with E-state index in [2.05, 4.69) is 16.0 Å². The smallest absolute Gasteiger partial charge is 0.309 e. The highest BCUT2D eigenvalue weighted by atomic mass is 32.2. The fourth-order valence-corrected chi connectivity index (χ4v) is 3.16. The molecule has 10 heteroatoms. The van der Waals surface area contributed by atoms with Crippen LogP contribution in [0.5, 0.6) is 0 Å². The average molecular weight is 328 g/mol. The first-order valence-electron chi connectivity index (χ1n) is 6.26. The van der Waals surface area contributed by atoms with Gasteiger partial charge in [0.1, 0.15) is 4.90 Å². The summed E-state index contributed by atoms with van der Waals surface area (Å²) in [5.74, 6) is -0.870. The van der Waals surface area contributed by atoms with Crippen molar-refractivity contribution in [3.05, 3.63) is 12.1 Å². The van der Waals surface area contributed by atoms with Gasteiger partial charge in [0.05, 0.1) is 17.9 Å². The van der Waals surface area contributed by atoms with E-state index in [0.29, 0.717) is 17.1 Å². The third-order valence-corrected chi connectivity index (χ3v) is 4.23. The Morgan fingerprint density at radius 2 is 1.64 bits per heavy atom. The van der Waals surface area contributed by atoms with Crippen molar-refractivity contribution in [2.24, 2.45) is 0 Å². The summed E-state index contributed by atoms with van der Waals surface area (Å²) in [7, 11) is 0.712. The molecule has 0 aliphatic carbocycles. The normalized spacial score (nSPS) is 10.5. The minimum atomic E-state index is -4.12. The van der Waals surface area contributed by atoms with Crippen molar-refractivity contribution in [2.45, 2.75) is 4.90 Å². The first kappa shape index (κ1) is 17.6. The minimum absolute atomic E-state index is 0.0973. The van der Waals surface area contributed by atoms with E-state index in [1.165, 1.54) is 6.41 Å². The number of sulfonamides is 1. The Morgan fingerprint density at radius 3 is 2.05 bits per heavy atom. The van der Waals surface area contributed by atoms with Gasteiger partial charge in [-0.05, 0) is 12.1 Å². The SMILES string of the molecule is CNc1cc(NC)c(S(=O)(=O)NC(=O)CN[C]=O)c(NC)c1. The molecule has 1 aromatic carbocycles. The van der Waals surface area contributed by atoms with Crippen molar-refractivity contribution in [3.63, 3.8) is 0 Å². The predicted molar refractivity (Wildman–Crippen MR) is 84.1 cm³/mol. The van der Waals surface area contributed by atoms with Crippen LogP contribution in [0, 0.1) is 0 Å². The van der Waals surface area contributed by atoms with Gasteiger partial charge in [-0.1, -0.05) is 0 Å². The Labute approximate surface area is 128 Å². The van der Waals surface area contributed by atoms with Gasteiger partial charge in [0, 0.05) is 26.8 Å². The van der Waals surface area contributed by atoms with Crippen molar-refractivity contribution in [1.82, 2.24) is 10.0 Å². The molecule has 0 saturated carbocycles. The van der Waals surface area contributed by atoms with Gasteiger partial charge in [-0.15, -0.1) is 0 Å². The van der Waals surface area contributed by atoms with Crippen LogP contribution in [-0.4, -0.2) is 48.4 Å². The van der Waals surface area contributed by atoms with Crippen LogP contribution in [0.15, 0.2) is 17.0 Å². The van der Waals surface area contributed by atoms with E-state index >= 15 is 0 Å². The quantitative estimate of drug-likeness (QED) is 0.398. The van der Waals surface area contributed by atoms with Crippen LogP contribution >= 0.6 is 0 Å². The van der Waals surface area contributed by atoms with E-state index < -0.39 is 22.5 Å². The highest BCUT2D eigenvalue weighted by Gasteiger charge is 2.25. The minimum Gasteiger partial charge on any atom is -0.388 e. The number of nitrogens with one attached hydrogen (secondary N) is 5. The molecule has 0 aliphatic heterocycles. The van der Waals surface area contributed by atoms with E-state index in [9.17, 15) is 18.0 Å². The summed E-state index contributed by atoms with van der Waals surface area (Å²) in [4.78, 5) is 21.5. The maximum absolute atomic E-state index is 12.4. The number of hydrogen-bond donors (Lipinski definition) is 5. The highest BCUT2D eigenvalue weighted by molar-refractivity contribution is 7.90. The molecule has 0 unspecified atom stereocenters. The fourth-order valence-electron chi connectivity index (χ4n) is 1.79. The topological polar surface area (TPSA) is 128 Å². The molecule has 0 aliphatic rings. The van der Waals surface area contributed by atoms with E-state index in [1.54, 1.807) is 33.3 Å². The van der Waals surface area contributed by atoms with E-state index in [0.717, 1.165) is 0 Å². The van der Waals surface area contributed by atoms with Gasteiger partial charge in [0.25, 0.3) is 15.9 Å². The Kier molecular flexibility index (Phi) is 5.99. The van der Waals surface area contributed by atoms with Crippen LogP contribution in [0.1, 0.15) is 0 Å². The van der Waals surface area contributed by atoms with Gasteiger partial charge in [-0.2, -0.15) is 0 Å². The molecular formula is C12H18N5O4S. The van der Waals surface area contributed by atoms with Crippen LogP contribution in [0.4, 0.5) is 17.1 Å². The zero-order valence-corrected chi connectivity index (χ0v) is 13.2. The first-order valence-corrected chi connectivity index (χ1v) is 7.74. The van der Waals surface area contributed by atoms with Gasteiger partial charge in [0.2, 0.25) is 0 Å². The lowest BCUT2D eigenvalue weighted by Gasteiger charge is -2.17. The largest absolute Gasteiger partial charge is 0.388 e. The molecule has 0 fully saturated rings. The molecular weight excluding hydrogens is 310 g/mol. The molecule has 5 N–H and O–H groups in total. The molecule has 1 radical (unpaired) electrons. The standard InChI is InChI=1S/C12H18N5O4S/c1-13-8-4-9(14-2)12(10(5-8)15-3)22(20,21)17-11(19)6-16-7-18/h4-5,13-15H,6H2,1-3H3,(H,16,18)(H,17,19). The molecule has 9 nitrogen and oxygen atoms in total. The van der Waals surface area contributed by atoms with Gasteiger partial charge in [0.15, 0.2) is 0 Å². The fraction of sp³-hybridized carbons (Fsp3) is 0.333. The molecule has 1 aromatic rings. The number of carbonyl (C=O) groups excluding carboxylic acids is 2. The maximum Gasteiger partial charge on any atom is 0.309 e. The second kappa shape index (κ2) is 7.50. The number of carbonyl (C=O) groups is 1. The first-order chi connectivity index (χ1) is 10.4. The molecule has 121 valence electrons. The summed E-state index contributed by atoms with van der Waals surface area (Å²) >= 11 is 0. The third kappa shape index (κ3) is 4.01. The van der Waals surface area contributed by atoms with Crippen molar-refractivity contribution >= 4 is 39.4 Å². The van der Waals surface area contributed by atoms with Crippen molar-refractivity contribution in [3.8, 4) is 0 Å². The molecule has 0 heterocycles. The molecule has 2 amide bonds. The molecule has 0 saturated heterocycles. The van der Waals surface area contributed by atoms with Crippen molar-refractivity contribution < 1.29 is 18.0 Å². The van der Waals surface area contributed by atoms with Crippen LogP contribution < -0.4 is 26.0 Å². The number of rotatable bonds is 8. The monoisotopic (exact) mass is 328 g/mol. The zero-order valence-electron chi connectivity index (χ0n) is 12.4. The van der Waals surface area contributed by atoms with Crippen molar-refractivity contribution in [2.75, 3.05) is 43.6 Å². The summed E-state index contributed by atoms with van der Waals surface area (Å²) < 4.78 is 26.7. The summed E-state index contributed by atoms with van der Waals surface area (Å²) in [6.07, 6.45) is 1.30. The summed E-state index contributed by atoms with van der Waals surface area (Å²) in [5.41, 5.74) is 1.31. The Balaban J connectivity index is 3.28. The van der Waals surface area contributed by atoms with Gasteiger partial charge >= 0.3 is 6.41 Å². The molecule has 1 rings (SSSR count). The molecule has 0 bridgehead atoms. The van der Waals surface area contributed by atoms with Crippen LogP contribution in [0.3, 0.4) is 0 Å². The van der Waals surface area contributed by atoms with Crippen LogP contribution in [0.25, 0.3) is 0 Å². The highest BCUT2D eigenvalue weighted by Crippen LogP contribution is 2.32. The Morgan fingerprint density at radius 1 is 1.09 bits per heavy atom. The van der Waals surface area contributed by atoms with E-state index in [4.69, 9.17) is 0 Å². The summed E-state index contributed by atoms with van der Waals surface area (Å²) in [6, 6.07) is 3.19. The second-order valence-corrected chi connectivity index (χ2v) is 5.75. The number of anilines is 3. The number of amides is 2. The lowest BCUT2D eigenvalue weighted by atomic mass is 10.2. The molecule has 22 heavy (non-hydrogen) atoms. The third-order valence-electron chi connectivity index (χ3n) is 2.75. The van der Waals surface area contributed by atoms with Crippen LogP contribution in [0.2, 0.25) is 0 Å². The molecule has 0 spiro atoms.